The number of aryl methyl sites for hydroxylation is 1. The van der Waals surface area contributed by atoms with Crippen LogP contribution in [-0.2, 0) is 14.3 Å². The maximum absolute atomic E-state index is 13.9. The van der Waals surface area contributed by atoms with Crippen molar-refractivity contribution in [1.82, 2.24) is 9.88 Å². The van der Waals surface area contributed by atoms with Crippen molar-refractivity contribution < 1.29 is 23.9 Å². The first kappa shape index (κ1) is 27.8. The third kappa shape index (κ3) is 4.27. The van der Waals surface area contributed by atoms with Gasteiger partial charge in [0.05, 0.1) is 30.3 Å². The van der Waals surface area contributed by atoms with Gasteiger partial charge >= 0.3 is 0 Å². The van der Waals surface area contributed by atoms with Crippen molar-refractivity contribution in [1.29, 1.82) is 0 Å². The molecule has 0 saturated carbocycles. The van der Waals surface area contributed by atoms with E-state index in [1.807, 2.05) is 38.1 Å². The van der Waals surface area contributed by atoms with Gasteiger partial charge in [-0.15, -0.1) is 0 Å². The third-order valence-corrected chi connectivity index (χ3v) is 8.51. The molecule has 0 fully saturated rings. The summed E-state index contributed by atoms with van der Waals surface area (Å²) in [5.41, 5.74) is 5.11. The number of nitrogens with zero attached hydrogens (tertiary/aromatic N) is 2. The van der Waals surface area contributed by atoms with Gasteiger partial charge in [-0.2, -0.15) is 0 Å². The lowest BCUT2D eigenvalue weighted by Crippen LogP contribution is -2.36. The molecule has 0 saturated heterocycles. The van der Waals surface area contributed by atoms with Gasteiger partial charge in [0.1, 0.15) is 23.0 Å². The normalized spacial score (nSPS) is 22.0. The Bertz CT molecular complexity index is 1530. The van der Waals surface area contributed by atoms with E-state index in [9.17, 15) is 14.4 Å². The second-order valence-corrected chi connectivity index (χ2v) is 12.5. The van der Waals surface area contributed by atoms with Gasteiger partial charge in [0.25, 0.3) is 5.91 Å². The van der Waals surface area contributed by atoms with E-state index in [4.69, 9.17) is 14.5 Å². The Morgan fingerprint density at radius 3 is 2.42 bits per heavy atom. The number of ketones is 2. The molecule has 7 heteroatoms. The van der Waals surface area contributed by atoms with Crippen LogP contribution in [0.25, 0.3) is 11.3 Å². The van der Waals surface area contributed by atoms with E-state index in [0.29, 0.717) is 52.6 Å². The smallest absolute Gasteiger partial charge is 0.254 e. The number of aromatic nitrogens is 1. The highest BCUT2D eigenvalue weighted by Gasteiger charge is 2.52. The molecule has 3 aliphatic rings. The summed E-state index contributed by atoms with van der Waals surface area (Å²) in [4.78, 5) is 46.5. The summed E-state index contributed by atoms with van der Waals surface area (Å²) in [6.07, 6.45) is 0.973. The minimum atomic E-state index is -0.631. The summed E-state index contributed by atoms with van der Waals surface area (Å²) in [5, 5.41) is 0. The van der Waals surface area contributed by atoms with Gasteiger partial charge in [-0.25, -0.2) is 4.98 Å². The first-order chi connectivity index (χ1) is 18.8. The SMILES string of the molecule is COc1ccc(-c2ccc(C)c(C(C)=O)n2)c(C)c1[C@H]1C2=C(CC(C)(C)CC2=O)OC2=C1C(=O)N(C)[C@@H]2C(C)C. The number of hydrogen-bond donors (Lipinski definition) is 0. The highest BCUT2D eigenvalue weighted by Crippen LogP contribution is 2.55. The van der Waals surface area contributed by atoms with E-state index in [1.54, 1.807) is 19.1 Å². The zero-order valence-electron chi connectivity index (χ0n) is 24.9. The molecule has 1 amide bonds. The zero-order chi connectivity index (χ0) is 29.3. The van der Waals surface area contributed by atoms with Gasteiger partial charge in [0, 0.05) is 43.5 Å². The second-order valence-electron chi connectivity index (χ2n) is 12.5. The van der Waals surface area contributed by atoms with Crippen molar-refractivity contribution in [2.45, 2.75) is 73.3 Å². The average molecular weight is 543 g/mol. The van der Waals surface area contributed by atoms with Crippen molar-refractivity contribution in [3.63, 3.8) is 0 Å². The molecule has 0 spiro atoms. The standard InChI is InChI=1S/C33H38N2O5/c1-16(2)30-31-28(32(38)35(30)8)27(26-22(37)14-33(6,7)15-24(26)40-31)25-18(4)20(11-13-23(25)39-9)21-12-10-17(3)29(34-21)19(5)36/h10-13,16,27,30H,14-15H2,1-9H3/t27-,30+/m0/s1. The van der Waals surface area contributed by atoms with Gasteiger partial charge in [0.2, 0.25) is 0 Å². The van der Waals surface area contributed by atoms with Crippen molar-refractivity contribution in [3.05, 3.63) is 69.3 Å². The first-order valence-electron chi connectivity index (χ1n) is 13.9. The Hall–Kier alpha value is -3.74. The minimum absolute atomic E-state index is 0.00886. The van der Waals surface area contributed by atoms with E-state index in [2.05, 4.69) is 27.7 Å². The lowest BCUT2D eigenvalue weighted by molar-refractivity contribution is -0.126. The number of amides is 1. The van der Waals surface area contributed by atoms with Gasteiger partial charge in [0.15, 0.2) is 11.6 Å². The van der Waals surface area contributed by atoms with E-state index in [0.717, 1.165) is 22.3 Å². The highest BCUT2D eigenvalue weighted by atomic mass is 16.5. The maximum atomic E-state index is 13.9. The summed E-state index contributed by atoms with van der Waals surface area (Å²) in [5.74, 6) is 1.11. The second kappa shape index (κ2) is 9.72. The third-order valence-electron chi connectivity index (χ3n) is 8.51. The van der Waals surface area contributed by atoms with Crippen molar-refractivity contribution in [2.75, 3.05) is 14.2 Å². The summed E-state index contributed by atoms with van der Waals surface area (Å²) < 4.78 is 12.5. The molecule has 5 rings (SSSR count). The molecule has 2 aliphatic heterocycles. The van der Waals surface area contributed by atoms with Crippen molar-refractivity contribution >= 4 is 17.5 Å². The minimum Gasteiger partial charge on any atom is -0.496 e. The van der Waals surface area contributed by atoms with Gasteiger partial charge in [-0.1, -0.05) is 33.8 Å². The molecule has 210 valence electrons. The van der Waals surface area contributed by atoms with E-state index < -0.39 is 5.92 Å². The summed E-state index contributed by atoms with van der Waals surface area (Å²) in [6, 6.07) is 7.35. The van der Waals surface area contributed by atoms with Gasteiger partial charge in [-0.3, -0.25) is 14.4 Å². The van der Waals surface area contributed by atoms with Gasteiger partial charge in [-0.05, 0) is 54.5 Å². The van der Waals surface area contributed by atoms with Crippen LogP contribution in [0.5, 0.6) is 5.75 Å². The largest absolute Gasteiger partial charge is 0.496 e. The Kier molecular flexibility index (Phi) is 6.76. The number of likely N-dealkylation sites (N-methyl/N-ethyl adjacent to an activating group) is 1. The van der Waals surface area contributed by atoms with Gasteiger partial charge < -0.3 is 14.4 Å². The van der Waals surface area contributed by atoms with Crippen LogP contribution in [0, 0.1) is 25.2 Å². The summed E-state index contributed by atoms with van der Waals surface area (Å²) >= 11 is 0. The molecule has 0 unspecified atom stereocenters. The lowest BCUT2D eigenvalue weighted by atomic mass is 9.68. The molecule has 40 heavy (non-hydrogen) atoms. The monoisotopic (exact) mass is 542 g/mol. The fourth-order valence-corrected chi connectivity index (χ4v) is 6.70. The molecule has 0 radical (unpaired) electrons. The van der Waals surface area contributed by atoms with Crippen LogP contribution in [0.3, 0.4) is 0 Å². The fraction of sp³-hybridized carbons (Fsp3) is 0.455. The number of allylic oxidation sites excluding steroid dienone is 2. The number of carbonyl (C=O) groups excluding carboxylic acids is 3. The predicted molar refractivity (Wildman–Crippen MR) is 153 cm³/mol. The Morgan fingerprint density at radius 2 is 1.80 bits per heavy atom. The highest BCUT2D eigenvalue weighted by molar-refractivity contribution is 6.07. The van der Waals surface area contributed by atoms with Crippen LogP contribution in [0.15, 0.2) is 46.9 Å². The molecule has 1 aromatic heterocycles. The molecule has 2 aromatic rings. The number of Topliss-reactive ketones (excluding diaryl/α,β-unsaturated/α-hetero) is 2. The molecule has 0 bridgehead atoms. The van der Waals surface area contributed by atoms with Crippen LogP contribution in [0.1, 0.15) is 80.6 Å². The zero-order valence-corrected chi connectivity index (χ0v) is 24.9. The molecule has 7 nitrogen and oxygen atoms in total. The molecular formula is C33H38N2O5. The molecule has 3 heterocycles. The van der Waals surface area contributed by atoms with E-state index >= 15 is 0 Å². The number of ether oxygens (including phenoxy) is 2. The predicted octanol–water partition coefficient (Wildman–Crippen LogP) is 6.08. The topological polar surface area (TPSA) is 85.8 Å². The number of pyridine rings is 1. The first-order valence-corrected chi connectivity index (χ1v) is 13.9. The van der Waals surface area contributed by atoms with Crippen LogP contribution in [0.4, 0.5) is 0 Å². The molecule has 0 N–H and O–H groups in total. The Balaban J connectivity index is 1.81. The Morgan fingerprint density at radius 1 is 1.10 bits per heavy atom. The number of carbonyl (C=O) groups is 3. The molecule has 1 aliphatic carbocycles. The van der Waals surface area contributed by atoms with Crippen LogP contribution in [-0.4, -0.2) is 47.6 Å². The average Bonchev–Trinajstić information content (AvgIpc) is 3.11. The van der Waals surface area contributed by atoms with E-state index in [1.165, 1.54) is 6.92 Å². The summed E-state index contributed by atoms with van der Waals surface area (Å²) in [6.45, 7) is 13.6. The van der Waals surface area contributed by atoms with Crippen molar-refractivity contribution in [2.24, 2.45) is 11.3 Å². The molecule has 1 aromatic carbocycles. The number of rotatable bonds is 5. The summed E-state index contributed by atoms with van der Waals surface area (Å²) in [7, 11) is 3.40. The molecular weight excluding hydrogens is 504 g/mol. The number of methoxy groups -OCH3 is 1. The van der Waals surface area contributed by atoms with Crippen molar-refractivity contribution in [3.8, 4) is 17.0 Å². The maximum Gasteiger partial charge on any atom is 0.254 e. The van der Waals surface area contributed by atoms with E-state index in [-0.39, 0.29) is 34.8 Å². The van der Waals surface area contributed by atoms with Crippen LogP contribution < -0.4 is 4.74 Å². The lowest BCUT2D eigenvalue weighted by Gasteiger charge is -2.39. The number of hydrogen-bond acceptors (Lipinski definition) is 6. The molecule has 2 atom stereocenters. The quantitative estimate of drug-likeness (QED) is 0.426. The number of benzene rings is 1. The van der Waals surface area contributed by atoms with Crippen LogP contribution >= 0.6 is 0 Å². The fourth-order valence-electron chi connectivity index (χ4n) is 6.70. The Labute approximate surface area is 236 Å². The van der Waals surface area contributed by atoms with Crippen LogP contribution in [0.2, 0.25) is 0 Å².